The Hall–Kier alpha value is -1.35. The maximum atomic E-state index is 11.9. The van der Waals surface area contributed by atoms with Crippen LogP contribution in [0.4, 0.5) is 0 Å². The monoisotopic (exact) mass is 274 g/mol. The Morgan fingerprint density at radius 2 is 2.00 bits per heavy atom. The summed E-state index contributed by atoms with van der Waals surface area (Å²) in [7, 11) is 1.69. The van der Waals surface area contributed by atoms with Crippen molar-refractivity contribution in [3.63, 3.8) is 0 Å². The summed E-state index contributed by atoms with van der Waals surface area (Å²) >= 11 is 0. The maximum Gasteiger partial charge on any atom is 0.226 e. The molecule has 0 aliphatic heterocycles. The zero-order valence-electron chi connectivity index (χ0n) is 13.2. The van der Waals surface area contributed by atoms with Crippen molar-refractivity contribution in [3.05, 3.63) is 35.4 Å². The highest BCUT2D eigenvalue weighted by Crippen LogP contribution is 2.45. The normalized spacial score (nSPS) is 20.6. The fraction of sp³-hybridized carbons (Fsp3) is 0.588. The third-order valence-corrected chi connectivity index (χ3v) is 4.38. The van der Waals surface area contributed by atoms with E-state index in [2.05, 4.69) is 48.7 Å². The van der Waals surface area contributed by atoms with Gasteiger partial charge in [-0.1, -0.05) is 38.1 Å². The van der Waals surface area contributed by atoms with Crippen LogP contribution in [-0.2, 0) is 11.2 Å². The molecule has 0 saturated heterocycles. The number of fused-ring (bicyclic) bond motifs is 1. The molecule has 0 spiro atoms. The topological polar surface area (TPSA) is 41.1 Å². The highest BCUT2D eigenvalue weighted by molar-refractivity contribution is 5.81. The Balaban J connectivity index is 2.15. The van der Waals surface area contributed by atoms with E-state index in [0.29, 0.717) is 12.6 Å². The maximum absolute atomic E-state index is 11.9. The minimum absolute atomic E-state index is 0.0779. The third-order valence-electron chi connectivity index (χ3n) is 4.38. The van der Waals surface area contributed by atoms with Gasteiger partial charge in [0.2, 0.25) is 5.91 Å². The lowest BCUT2D eigenvalue weighted by atomic mass is 9.84. The van der Waals surface area contributed by atoms with E-state index in [1.54, 1.807) is 7.05 Å². The molecule has 1 unspecified atom stereocenters. The number of amides is 1. The summed E-state index contributed by atoms with van der Waals surface area (Å²) in [5.41, 5.74) is 2.59. The quantitative estimate of drug-likeness (QED) is 0.886. The third kappa shape index (κ3) is 2.73. The van der Waals surface area contributed by atoms with Crippen molar-refractivity contribution < 1.29 is 4.79 Å². The Labute approximate surface area is 122 Å². The van der Waals surface area contributed by atoms with E-state index in [0.717, 1.165) is 6.42 Å². The zero-order valence-corrected chi connectivity index (χ0v) is 13.2. The molecule has 2 N–H and O–H groups in total. The van der Waals surface area contributed by atoms with Gasteiger partial charge in [0.15, 0.2) is 0 Å². The van der Waals surface area contributed by atoms with Crippen LogP contribution >= 0.6 is 0 Å². The van der Waals surface area contributed by atoms with Crippen molar-refractivity contribution in [1.29, 1.82) is 0 Å². The molecule has 1 amide bonds. The lowest BCUT2D eigenvalue weighted by molar-refractivity contribution is -0.128. The molecule has 2 rings (SSSR count). The van der Waals surface area contributed by atoms with E-state index in [1.165, 1.54) is 11.1 Å². The number of carbonyl (C=O) groups is 1. The second kappa shape index (κ2) is 5.21. The first-order valence-corrected chi connectivity index (χ1v) is 7.31. The van der Waals surface area contributed by atoms with Crippen molar-refractivity contribution in [3.8, 4) is 0 Å². The highest BCUT2D eigenvalue weighted by Gasteiger charge is 2.39. The predicted molar refractivity (Wildman–Crippen MR) is 82.5 cm³/mol. The number of rotatable bonds is 4. The van der Waals surface area contributed by atoms with Crippen LogP contribution < -0.4 is 10.6 Å². The summed E-state index contributed by atoms with van der Waals surface area (Å²) in [5.74, 6) is 0.0779. The predicted octanol–water partition coefficient (Wildman–Crippen LogP) is 2.67. The molecular formula is C17H26N2O. The van der Waals surface area contributed by atoms with Gasteiger partial charge in [0.05, 0.1) is 5.41 Å². The van der Waals surface area contributed by atoms with Crippen molar-refractivity contribution in [1.82, 2.24) is 10.6 Å². The molecule has 1 aromatic carbocycles. The van der Waals surface area contributed by atoms with E-state index < -0.39 is 5.41 Å². The molecule has 20 heavy (non-hydrogen) atoms. The first kappa shape index (κ1) is 15.0. The number of hydrogen-bond donors (Lipinski definition) is 2. The molecule has 0 aromatic heterocycles. The van der Waals surface area contributed by atoms with Crippen molar-refractivity contribution in [2.24, 2.45) is 10.8 Å². The molecule has 0 saturated carbocycles. The van der Waals surface area contributed by atoms with Crippen LogP contribution in [0, 0.1) is 10.8 Å². The fourth-order valence-corrected chi connectivity index (χ4v) is 3.15. The molecule has 0 radical (unpaired) electrons. The molecule has 1 aliphatic carbocycles. The molecule has 3 nitrogen and oxygen atoms in total. The van der Waals surface area contributed by atoms with Gasteiger partial charge in [0.1, 0.15) is 0 Å². The van der Waals surface area contributed by atoms with Crippen LogP contribution in [0.3, 0.4) is 0 Å². The average molecular weight is 274 g/mol. The smallest absolute Gasteiger partial charge is 0.226 e. The zero-order chi connectivity index (χ0) is 15.0. The number of hydrogen-bond acceptors (Lipinski definition) is 2. The molecule has 1 aromatic rings. The van der Waals surface area contributed by atoms with Gasteiger partial charge < -0.3 is 10.6 Å². The summed E-state index contributed by atoms with van der Waals surface area (Å²) in [6, 6.07) is 8.92. The van der Waals surface area contributed by atoms with Crippen LogP contribution in [0.1, 0.15) is 44.9 Å². The SMILES string of the molecule is CNC(=O)C(C)(C)CNC1c2ccccc2CC1(C)C. The second-order valence-electron chi connectivity index (χ2n) is 7.14. The van der Waals surface area contributed by atoms with Gasteiger partial charge in [-0.25, -0.2) is 0 Å². The lowest BCUT2D eigenvalue weighted by Gasteiger charge is -2.32. The molecule has 110 valence electrons. The number of carbonyl (C=O) groups excluding carboxylic acids is 1. The van der Waals surface area contributed by atoms with Crippen LogP contribution in [0.2, 0.25) is 0 Å². The molecule has 1 atom stereocenters. The van der Waals surface area contributed by atoms with Crippen molar-refractivity contribution >= 4 is 5.91 Å². The van der Waals surface area contributed by atoms with Gasteiger partial charge in [0, 0.05) is 19.6 Å². The average Bonchev–Trinajstić information content (AvgIpc) is 2.65. The van der Waals surface area contributed by atoms with Crippen molar-refractivity contribution in [2.45, 2.75) is 40.2 Å². The summed E-state index contributed by atoms with van der Waals surface area (Å²) in [6.45, 7) is 9.21. The summed E-state index contributed by atoms with van der Waals surface area (Å²) in [4.78, 5) is 11.9. The van der Waals surface area contributed by atoms with Crippen LogP contribution in [0.15, 0.2) is 24.3 Å². The van der Waals surface area contributed by atoms with E-state index in [4.69, 9.17) is 0 Å². The summed E-state index contributed by atoms with van der Waals surface area (Å²) in [5, 5.41) is 6.36. The van der Waals surface area contributed by atoms with Crippen LogP contribution in [0.5, 0.6) is 0 Å². The van der Waals surface area contributed by atoms with E-state index in [9.17, 15) is 4.79 Å². The summed E-state index contributed by atoms with van der Waals surface area (Å²) < 4.78 is 0. The van der Waals surface area contributed by atoms with Gasteiger partial charge in [-0.15, -0.1) is 0 Å². The molecule has 0 bridgehead atoms. The van der Waals surface area contributed by atoms with E-state index in [-0.39, 0.29) is 11.3 Å². The molecular weight excluding hydrogens is 248 g/mol. The number of benzene rings is 1. The number of nitrogens with one attached hydrogen (secondary N) is 2. The van der Waals surface area contributed by atoms with Gasteiger partial charge >= 0.3 is 0 Å². The summed E-state index contributed by atoms with van der Waals surface area (Å²) in [6.07, 6.45) is 1.08. The molecule has 3 heteroatoms. The molecule has 0 fully saturated rings. The van der Waals surface area contributed by atoms with E-state index >= 15 is 0 Å². The highest BCUT2D eigenvalue weighted by atomic mass is 16.2. The van der Waals surface area contributed by atoms with Crippen molar-refractivity contribution in [2.75, 3.05) is 13.6 Å². The first-order chi connectivity index (χ1) is 9.28. The Kier molecular flexibility index (Phi) is 3.92. The molecule has 0 heterocycles. The lowest BCUT2D eigenvalue weighted by Crippen LogP contribution is -2.44. The van der Waals surface area contributed by atoms with E-state index in [1.807, 2.05) is 13.8 Å². The van der Waals surface area contributed by atoms with Gasteiger partial charge in [-0.2, -0.15) is 0 Å². The first-order valence-electron chi connectivity index (χ1n) is 7.31. The fourth-order valence-electron chi connectivity index (χ4n) is 3.15. The van der Waals surface area contributed by atoms with Crippen LogP contribution in [0.25, 0.3) is 0 Å². The Morgan fingerprint density at radius 3 is 2.65 bits per heavy atom. The standard InChI is InChI=1S/C17H26N2O/c1-16(2)10-12-8-6-7-9-13(12)14(16)19-11-17(3,4)15(20)18-5/h6-9,14,19H,10-11H2,1-5H3,(H,18,20). The minimum atomic E-state index is -0.400. The minimum Gasteiger partial charge on any atom is -0.359 e. The van der Waals surface area contributed by atoms with Gasteiger partial charge in [0.25, 0.3) is 0 Å². The van der Waals surface area contributed by atoms with Gasteiger partial charge in [-0.05, 0) is 36.8 Å². The largest absolute Gasteiger partial charge is 0.359 e. The van der Waals surface area contributed by atoms with Gasteiger partial charge in [-0.3, -0.25) is 4.79 Å². The van der Waals surface area contributed by atoms with Crippen LogP contribution in [-0.4, -0.2) is 19.5 Å². The Morgan fingerprint density at radius 1 is 1.35 bits per heavy atom. The second-order valence-corrected chi connectivity index (χ2v) is 7.14. The Bertz CT molecular complexity index is 505. The molecule has 1 aliphatic rings.